The first-order chi connectivity index (χ1) is 22.0. The van der Waals surface area contributed by atoms with Crippen LogP contribution in [0.1, 0.15) is 169 Å². The highest BCUT2D eigenvalue weighted by atomic mass is 17.4. The monoisotopic (exact) mass is 722 g/mol. The van der Waals surface area contributed by atoms with Gasteiger partial charge in [-0.2, -0.15) is 39.1 Å². The lowest BCUT2D eigenvalue weighted by atomic mass is 10.0. The largest absolute Gasteiger partial charge is 0.481 e. The van der Waals surface area contributed by atoms with E-state index < -0.39 is 34.9 Å². The zero-order valence-electron chi connectivity index (χ0n) is 33.3. The molecule has 2 rings (SSSR count). The maximum absolute atomic E-state index is 9.00. The molecule has 0 bridgehead atoms. The number of hydrogen-bond acceptors (Lipinski definition) is 15. The van der Waals surface area contributed by atoms with Crippen LogP contribution >= 0.6 is 0 Å². The van der Waals surface area contributed by atoms with Crippen LogP contribution < -0.4 is 0 Å². The molecule has 2 atom stereocenters. The summed E-state index contributed by atoms with van der Waals surface area (Å²) < 4.78 is 0. The van der Waals surface area contributed by atoms with Gasteiger partial charge in [-0.05, 0) is 96.9 Å². The first-order valence-corrected chi connectivity index (χ1v) is 16.7. The number of hydrogen-bond donors (Lipinski definition) is 3. The van der Waals surface area contributed by atoms with Crippen LogP contribution in [0.4, 0.5) is 0 Å². The Kier molecular flexibility index (Phi) is 25.8. The maximum Gasteiger partial charge on any atom is 0.300 e. The summed E-state index contributed by atoms with van der Waals surface area (Å²) in [6.45, 7) is 29.1. The molecule has 0 aromatic rings. The third-order valence-corrected chi connectivity index (χ3v) is 5.44. The average Bonchev–Trinajstić information content (AvgIpc) is 3.04. The van der Waals surface area contributed by atoms with Crippen molar-refractivity contribution in [3.05, 3.63) is 0 Å². The molecule has 0 radical (unpaired) electrons. The fourth-order valence-corrected chi connectivity index (χ4v) is 2.41. The predicted octanol–water partition coefficient (Wildman–Crippen LogP) is 9.18. The Balaban J connectivity index is -0.000000575. The minimum atomic E-state index is -1.27. The van der Waals surface area contributed by atoms with Crippen LogP contribution in [0.25, 0.3) is 0 Å². The lowest BCUT2D eigenvalue weighted by Gasteiger charge is -2.29. The molecule has 3 N–H and O–H groups in total. The Morgan fingerprint density at radius 2 is 0.714 bits per heavy atom. The second kappa shape index (κ2) is 24.2. The molecule has 298 valence electrons. The molecule has 16 nitrogen and oxygen atoms in total. The van der Waals surface area contributed by atoms with E-state index >= 15 is 0 Å². The number of rotatable bonds is 8. The highest BCUT2D eigenvalue weighted by Crippen LogP contribution is 2.27. The van der Waals surface area contributed by atoms with Crippen molar-refractivity contribution in [2.45, 2.75) is 209 Å². The van der Waals surface area contributed by atoms with Crippen molar-refractivity contribution in [2.75, 3.05) is 0 Å². The van der Waals surface area contributed by atoms with Gasteiger partial charge in [-0.3, -0.25) is 4.79 Å². The first-order valence-electron chi connectivity index (χ1n) is 16.7. The predicted molar refractivity (Wildman–Crippen MR) is 178 cm³/mol. The molecule has 0 aromatic heterocycles. The Labute approximate surface area is 294 Å². The molecule has 0 amide bonds. The van der Waals surface area contributed by atoms with E-state index in [0.717, 1.165) is 6.92 Å². The maximum atomic E-state index is 9.00. The smallest absolute Gasteiger partial charge is 0.300 e. The number of carboxylic acids is 1. The summed E-state index contributed by atoms with van der Waals surface area (Å²) >= 11 is 0. The molecule has 1 saturated carbocycles. The molecule has 2 aliphatic rings. The van der Waals surface area contributed by atoms with Gasteiger partial charge < -0.3 is 5.11 Å². The summed E-state index contributed by atoms with van der Waals surface area (Å²) in [7, 11) is 0. The van der Waals surface area contributed by atoms with Gasteiger partial charge >= 0.3 is 0 Å². The van der Waals surface area contributed by atoms with Crippen LogP contribution in [0, 0.1) is 0 Å². The molecule has 1 aliphatic heterocycles. The van der Waals surface area contributed by atoms with Crippen molar-refractivity contribution >= 4 is 5.97 Å². The zero-order valence-corrected chi connectivity index (χ0v) is 33.3. The second-order valence-corrected chi connectivity index (χ2v) is 15.1. The van der Waals surface area contributed by atoms with Crippen LogP contribution in [0.15, 0.2) is 0 Å². The van der Waals surface area contributed by atoms with Crippen LogP contribution in [0.2, 0.25) is 0 Å². The van der Waals surface area contributed by atoms with Crippen LogP contribution in [-0.2, 0) is 63.4 Å². The van der Waals surface area contributed by atoms with Gasteiger partial charge in [-0.15, -0.1) is 0 Å². The fourth-order valence-electron chi connectivity index (χ4n) is 2.41. The van der Waals surface area contributed by atoms with Gasteiger partial charge in [0.05, 0.1) is 11.2 Å². The van der Waals surface area contributed by atoms with Gasteiger partial charge in [0.2, 0.25) is 28.9 Å². The third-order valence-electron chi connectivity index (χ3n) is 5.44. The lowest BCUT2D eigenvalue weighted by molar-refractivity contribution is -0.566. The molecule has 49 heavy (non-hydrogen) atoms. The van der Waals surface area contributed by atoms with Crippen molar-refractivity contribution in [1.29, 1.82) is 0 Å². The van der Waals surface area contributed by atoms with Crippen LogP contribution in [0.5, 0.6) is 0 Å². The molecule has 2 unspecified atom stereocenters. The summed E-state index contributed by atoms with van der Waals surface area (Å²) in [5.74, 6) is -6.52. The van der Waals surface area contributed by atoms with Gasteiger partial charge in [0.1, 0.15) is 0 Å². The van der Waals surface area contributed by atoms with Crippen LogP contribution in [-0.4, -0.2) is 61.7 Å². The van der Waals surface area contributed by atoms with Crippen LogP contribution in [0.3, 0.4) is 0 Å². The molecule has 1 saturated heterocycles. The van der Waals surface area contributed by atoms with E-state index in [1.165, 1.54) is 52.4 Å². The fraction of sp³-hybridized carbons (Fsp3) is 0.970. The van der Waals surface area contributed by atoms with E-state index in [2.05, 4.69) is 9.78 Å². The van der Waals surface area contributed by atoms with Gasteiger partial charge in [-0.25, -0.2) is 30.1 Å². The van der Waals surface area contributed by atoms with Crippen molar-refractivity contribution in [3.63, 3.8) is 0 Å². The average molecular weight is 723 g/mol. The standard InChI is InChI=1S/C9H18O6.C8H18O6.C8H18O2.C6H12.C2H4O2/c1-7(2)10-12-8(3,4)14-15-9(5,6)13-11-7;1-5-7(3,11-9)13-14-8(4,6-2)12-10;1-7(2,3)9-10-8(4,5)6;1-2-4-6-5-3-1;1-2(3)4/h1-6H3;9-10H,5-6H2,1-4H3;1-6H3;1-6H2;1H3,(H,3,4). The Bertz CT molecular complexity index is 718. The Morgan fingerprint density at radius 3 is 0.837 bits per heavy atom. The minimum Gasteiger partial charge on any atom is -0.481 e. The van der Waals surface area contributed by atoms with E-state index in [1.54, 1.807) is 55.4 Å². The number of aliphatic carboxylic acids is 1. The topological polar surface area (TPSA) is 189 Å². The van der Waals surface area contributed by atoms with E-state index in [1.807, 2.05) is 41.5 Å². The summed E-state index contributed by atoms with van der Waals surface area (Å²) in [6, 6.07) is 0. The summed E-state index contributed by atoms with van der Waals surface area (Å²) in [5, 5.41) is 24.5. The number of carboxylic acid groups (broad SMARTS) is 1. The van der Waals surface area contributed by atoms with Gasteiger partial charge in [0, 0.05) is 19.8 Å². The SMILES string of the molecule is C1CCCCC1.CC(=O)O.CC(C)(C)OOC(C)(C)C.CC1(C)OOC(C)(C)OOC(C)(C)OO1.CCC(C)(OO)OOC(C)(CC)OO. The molecule has 2 fully saturated rings. The molecule has 0 spiro atoms. The van der Waals surface area contributed by atoms with Gasteiger partial charge in [0.25, 0.3) is 5.97 Å². The van der Waals surface area contributed by atoms with Gasteiger partial charge in [-0.1, -0.05) is 52.4 Å². The highest BCUT2D eigenvalue weighted by Gasteiger charge is 2.37. The van der Waals surface area contributed by atoms with Crippen molar-refractivity contribution in [2.24, 2.45) is 0 Å². The first kappa shape index (κ1) is 52.3. The highest BCUT2D eigenvalue weighted by molar-refractivity contribution is 5.62. The third kappa shape index (κ3) is 35.1. The Morgan fingerprint density at radius 1 is 0.531 bits per heavy atom. The molecule has 16 heteroatoms. The quantitative estimate of drug-likeness (QED) is 0.122. The second-order valence-electron chi connectivity index (χ2n) is 15.1. The van der Waals surface area contributed by atoms with E-state index in [4.69, 9.17) is 69.3 Å². The molecule has 1 heterocycles. The zero-order chi connectivity index (χ0) is 39.2. The molecular weight excluding hydrogens is 652 g/mol. The molecular formula is C33H70O16. The minimum absolute atomic E-state index is 0.215. The van der Waals surface area contributed by atoms with E-state index in [9.17, 15) is 0 Å². The van der Waals surface area contributed by atoms with E-state index in [-0.39, 0.29) is 11.2 Å². The lowest BCUT2D eigenvalue weighted by Crippen LogP contribution is -2.38. The number of carbonyl (C=O) groups is 1. The van der Waals surface area contributed by atoms with Crippen molar-refractivity contribution in [1.82, 2.24) is 0 Å². The normalized spacial score (nSPS) is 21.2. The summed E-state index contributed by atoms with van der Waals surface area (Å²) in [4.78, 5) is 67.0. The summed E-state index contributed by atoms with van der Waals surface area (Å²) in [5.41, 5.74) is -0.430. The van der Waals surface area contributed by atoms with Gasteiger partial charge in [0.15, 0.2) is 0 Å². The van der Waals surface area contributed by atoms with Crippen molar-refractivity contribution < 1.29 is 79.1 Å². The van der Waals surface area contributed by atoms with Crippen molar-refractivity contribution in [3.8, 4) is 0 Å². The summed E-state index contributed by atoms with van der Waals surface area (Å²) in [6.07, 6.45) is 9.74. The molecule has 1 aliphatic carbocycles. The Hall–Kier alpha value is -1.09. The molecule has 0 aromatic carbocycles. The van der Waals surface area contributed by atoms with E-state index in [0.29, 0.717) is 12.8 Å².